The van der Waals surface area contributed by atoms with E-state index in [1.54, 1.807) is 0 Å². The molecule has 0 spiro atoms. The summed E-state index contributed by atoms with van der Waals surface area (Å²) in [4.78, 5) is 0. The third kappa shape index (κ3) is 8.22. The van der Waals surface area contributed by atoms with E-state index < -0.39 is 43.0 Å². The highest BCUT2D eigenvalue weighted by atomic mass is 28.5. The summed E-state index contributed by atoms with van der Waals surface area (Å²) < 4.78 is 31.6. The fourth-order valence-electron chi connectivity index (χ4n) is 7.45. The lowest BCUT2D eigenvalue weighted by atomic mass is 10.3. The van der Waals surface area contributed by atoms with Crippen molar-refractivity contribution in [3.63, 3.8) is 0 Å². The Hall–Kier alpha value is -4.54. The van der Waals surface area contributed by atoms with Crippen LogP contribution in [-0.2, 0) is 16.5 Å². The fraction of sp³-hybridized carbons (Fsp3) is 0.0870. The molecule has 0 saturated carbocycles. The van der Waals surface area contributed by atoms with Crippen molar-refractivity contribution in [3.05, 3.63) is 212 Å². The molecule has 0 N–H and O–H groups in total. The molecule has 55 heavy (non-hydrogen) atoms. The largest absolute Gasteiger partial charge is 0.436 e. The zero-order chi connectivity index (χ0) is 38.2. The molecule has 9 heteroatoms. The lowest BCUT2D eigenvalue weighted by Gasteiger charge is -2.48. The molecule has 0 fully saturated rings. The predicted molar refractivity (Wildman–Crippen MR) is 239 cm³/mol. The van der Waals surface area contributed by atoms with E-state index in [0.29, 0.717) is 0 Å². The van der Waals surface area contributed by atoms with Crippen LogP contribution >= 0.6 is 0 Å². The van der Waals surface area contributed by atoms with Gasteiger partial charge in [0.25, 0.3) is 8.32 Å². The third-order valence-corrected chi connectivity index (χ3v) is 28.8. The van der Waals surface area contributed by atoms with Crippen LogP contribution < -0.4 is 36.3 Å². The van der Waals surface area contributed by atoms with Gasteiger partial charge >= 0.3 is 25.7 Å². The van der Waals surface area contributed by atoms with Gasteiger partial charge in [0.05, 0.1) is 0 Å². The van der Waals surface area contributed by atoms with E-state index in [9.17, 15) is 0 Å². The first kappa shape index (κ1) is 38.7. The van der Waals surface area contributed by atoms with Gasteiger partial charge in [0, 0.05) is 0 Å². The van der Waals surface area contributed by atoms with Crippen molar-refractivity contribution in [2.45, 2.75) is 26.2 Å². The molecule has 0 saturated heterocycles. The Morgan fingerprint density at radius 2 is 0.545 bits per heavy atom. The molecule has 7 rings (SSSR count). The van der Waals surface area contributed by atoms with Gasteiger partial charge in [0.15, 0.2) is 9.04 Å². The maximum absolute atomic E-state index is 8.54. The SMILES string of the molecule is C[Si](C)O[Si](C)(C)O[Si](O[Si](O[Si](c1ccccc1)(c1ccccc1)c1ccccc1)(c1ccccc1)c1ccccc1)(c1ccccc1)c1ccccc1. The summed E-state index contributed by atoms with van der Waals surface area (Å²) in [6, 6.07) is 74.7. The van der Waals surface area contributed by atoms with Crippen LogP contribution in [-0.4, -0.2) is 43.0 Å². The van der Waals surface area contributed by atoms with Gasteiger partial charge in [-0.1, -0.05) is 212 Å². The van der Waals surface area contributed by atoms with Crippen molar-refractivity contribution >= 4 is 79.3 Å². The topological polar surface area (TPSA) is 36.9 Å². The van der Waals surface area contributed by atoms with E-state index in [0.717, 1.165) is 36.3 Å². The molecule has 7 aromatic rings. The molecule has 0 aliphatic carbocycles. The summed E-state index contributed by atoms with van der Waals surface area (Å²) >= 11 is 0. The molecule has 4 nitrogen and oxygen atoms in total. The first-order chi connectivity index (χ1) is 26.8. The quantitative estimate of drug-likeness (QED) is 0.0917. The van der Waals surface area contributed by atoms with Gasteiger partial charge in [0.1, 0.15) is 0 Å². The molecule has 0 amide bonds. The normalized spacial score (nSPS) is 12.5. The zero-order valence-electron chi connectivity index (χ0n) is 31.8. The van der Waals surface area contributed by atoms with Crippen LogP contribution in [0.4, 0.5) is 0 Å². The monoisotopic (exact) mass is 803 g/mol. The fourth-order valence-corrected chi connectivity index (χ4v) is 30.5. The summed E-state index contributed by atoms with van der Waals surface area (Å²) in [6.45, 7) is 8.67. The van der Waals surface area contributed by atoms with Gasteiger partial charge in [-0.25, -0.2) is 0 Å². The van der Waals surface area contributed by atoms with Gasteiger partial charge in [-0.15, -0.1) is 0 Å². The third-order valence-electron chi connectivity index (χ3n) is 9.58. The maximum atomic E-state index is 8.54. The Bertz CT molecular complexity index is 2040. The lowest BCUT2D eigenvalue weighted by molar-refractivity contribution is 0.323. The predicted octanol–water partition coefficient (Wildman–Crippen LogP) is 6.19. The minimum absolute atomic E-state index is 1.00. The van der Waals surface area contributed by atoms with Crippen molar-refractivity contribution in [1.82, 2.24) is 0 Å². The minimum atomic E-state index is -3.90. The molecule has 7 aromatic carbocycles. The summed E-state index contributed by atoms with van der Waals surface area (Å²) in [7, 11) is -15.0. The highest BCUT2D eigenvalue weighted by molar-refractivity contribution is 7.15. The number of benzene rings is 7. The van der Waals surface area contributed by atoms with Crippen molar-refractivity contribution < 1.29 is 16.5 Å². The lowest BCUT2D eigenvalue weighted by Crippen LogP contribution is -2.82. The van der Waals surface area contributed by atoms with Gasteiger partial charge in [-0.2, -0.15) is 0 Å². The molecule has 0 aliphatic heterocycles. The van der Waals surface area contributed by atoms with Crippen LogP contribution in [0.3, 0.4) is 0 Å². The van der Waals surface area contributed by atoms with Gasteiger partial charge in [-0.3, -0.25) is 0 Å². The van der Waals surface area contributed by atoms with E-state index in [-0.39, 0.29) is 0 Å². The molecule has 0 heterocycles. The van der Waals surface area contributed by atoms with Crippen LogP contribution in [0.1, 0.15) is 0 Å². The van der Waals surface area contributed by atoms with Crippen LogP contribution in [0.2, 0.25) is 26.2 Å². The van der Waals surface area contributed by atoms with E-state index in [1.807, 2.05) is 0 Å². The molecular weight excluding hydrogens is 757 g/mol. The summed E-state index contributed by atoms with van der Waals surface area (Å²) in [6.07, 6.45) is 0. The van der Waals surface area contributed by atoms with Crippen molar-refractivity contribution in [1.29, 1.82) is 0 Å². The smallest absolute Gasteiger partial charge is 0.389 e. The van der Waals surface area contributed by atoms with E-state index >= 15 is 0 Å². The van der Waals surface area contributed by atoms with Crippen LogP contribution in [0.5, 0.6) is 0 Å². The Kier molecular flexibility index (Phi) is 12.0. The molecule has 0 aliphatic rings. The molecule has 0 unspecified atom stereocenters. The number of rotatable bonds is 15. The average Bonchev–Trinajstić information content (AvgIpc) is 3.24. The standard InChI is InChI=1S/C46H47O4Si5/c1-51(2)47-52(3,4)48-54(43-32-18-8-19-33-43,44-34-20-9-21-35-44)50-55(45-36-22-10-23-37-45,46-38-24-11-25-39-46)49-53(40-26-12-5-13-27-40,41-28-14-6-15-29-41)42-30-16-7-17-31-42/h5-39H,1-4H3. The van der Waals surface area contributed by atoms with Crippen molar-refractivity contribution in [3.8, 4) is 0 Å². The Morgan fingerprint density at radius 1 is 0.309 bits per heavy atom. The van der Waals surface area contributed by atoms with Gasteiger partial charge in [0.2, 0.25) is 0 Å². The zero-order valence-corrected chi connectivity index (χ0v) is 36.8. The molecular formula is C46H47O4Si5. The highest BCUT2D eigenvalue weighted by Crippen LogP contribution is 2.27. The second-order valence-corrected chi connectivity index (χ2v) is 29.9. The summed E-state index contributed by atoms with van der Waals surface area (Å²) in [5.74, 6) is 0. The molecule has 0 bridgehead atoms. The highest BCUT2D eigenvalue weighted by Gasteiger charge is 2.60. The Labute approximate surface area is 332 Å². The first-order valence-corrected chi connectivity index (χ1v) is 29.5. The Balaban J connectivity index is 1.63. The van der Waals surface area contributed by atoms with Crippen LogP contribution in [0, 0.1) is 0 Å². The van der Waals surface area contributed by atoms with Gasteiger partial charge in [-0.05, 0) is 62.5 Å². The maximum Gasteiger partial charge on any atom is 0.389 e. The number of hydrogen-bond acceptors (Lipinski definition) is 4. The number of hydrogen-bond donors (Lipinski definition) is 0. The summed E-state index contributed by atoms with van der Waals surface area (Å²) in [5.41, 5.74) is 0. The Morgan fingerprint density at radius 3 is 0.800 bits per heavy atom. The van der Waals surface area contributed by atoms with Crippen LogP contribution in [0.25, 0.3) is 0 Å². The van der Waals surface area contributed by atoms with Crippen molar-refractivity contribution in [2.75, 3.05) is 0 Å². The van der Waals surface area contributed by atoms with Gasteiger partial charge < -0.3 is 16.5 Å². The second-order valence-electron chi connectivity index (χ2n) is 14.2. The van der Waals surface area contributed by atoms with E-state index in [2.05, 4.69) is 239 Å². The molecule has 275 valence electrons. The van der Waals surface area contributed by atoms with E-state index in [4.69, 9.17) is 16.5 Å². The van der Waals surface area contributed by atoms with Crippen molar-refractivity contribution in [2.24, 2.45) is 0 Å². The molecule has 0 aromatic heterocycles. The van der Waals surface area contributed by atoms with E-state index in [1.165, 1.54) is 0 Å². The minimum Gasteiger partial charge on any atom is -0.436 e. The first-order valence-electron chi connectivity index (χ1n) is 18.8. The second kappa shape index (κ2) is 17.1. The molecule has 1 radical (unpaired) electrons. The summed E-state index contributed by atoms with van der Waals surface area (Å²) in [5, 5.41) is 7.42. The average molecular weight is 804 g/mol. The van der Waals surface area contributed by atoms with Crippen LogP contribution in [0.15, 0.2) is 212 Å². The molecule has 0 atom stereocenters.